The van der Waals surface area contributed by atoms with Crippen LogP contribution in [0.1, 0.15) is 0 Å². The number of thiophene rings is 1. The number of hydrogen-bond acceptors (Lipinski definition) is 2. The second-order valence-corrected chi connectivity index (χ2v) is 4.89. The molecular formula is C13H8ClNS. The summed E-state index contributed by atoms with van der Waals surface area (Å²) in [6.07, 6.45) is 1.89. The van der Waals surface area contributed by atoms with Crippen LogP contribution >= 0.6 is 22.9 Å². The van der Waals surface area contributed by atoms with Crippen molar-refractivity contribution >= 4 is 33.8 Å². The van der Waals surface area contributed by atoms with Crippen LogP contribution in [0.2, 0.25) is 5.02 Å². The molecule has 0 amide bonds. The van der Waals surface area contributed by atoms with E-state index < -0.39 is 0 Å². The van der Waals surface area contributed by atoms with E-state index in [1.54, 1.807) is 11.3 Å². The Hall–Kier alpha value is -1.38. The smallest absolute Gasteiger partial charge is 0.0702 e. The predicted octanol–water partition coefficient (Wildman–Crippen LogP) is 4.62. The van der Waals surface area contributed by atoms with Crippen molar-refractivity contribution in [3.05, 3.63) is 53.0 Å². The zero-order valence-corrected chi connectivity index (χ0v) is 9.92. The van der Waals surface area contributed by atoms with Crippen LogP contribution in [0, 0.1) is 0 Å². The maximum Gasteiger partial charge on any atom is 0.0702 e. The highest BCUT2D eigenvalue weighted by atomic mass is 35.5. The van der Waals surface area contributed by atoms with Crippen molar-refractivity contribution in [2.75, 3.05) is 0 Å². The highest BCUT2D eigenvalue weighted by molar-refractivity contribution is 7.14. The van der Waals surface area contributed by atoms with Gasteiger partial charge in [0.15, 0.2) is 0 Å². The number of aromatic nitrogens is 1. The van der Waals surface area contributed by atoms with Gasteiger partial charge < -0.3 is 0 Å². The molecule has 16 heavy (non-hydrogen) atoms. The monoisotopic (exact) mass is 245 g/mol. The summed E-state index contributed by atoms with van der Waals surface area (Å²) in [7, 11) is 0. The molecule has 0 saturated carbocycles. The lowest BCUT2D eigenvalue weighted by Crippen LogP contribution is -1.79. The molecular weight excluding hydrogens is 238 g/mol. The second-order valence-electron chi connectivity index (χ2n) is 3.55. The standard InChI is InChI=1S/C13H8ClNS/c14-11-6-13(16-8-11)10-5-9-3-1-2-4-12(9)15-7-10/h1-8H. The zero-order valence-electron chi connectivity index (χ0n) is 8.35. The Bertz CT molecular complexity index is 645. The molecule has 0 spiro atoms. The van der Waals surface area contributed by atoms with Crippen LogP contribution in [0.4, 0.5) is 0 Å². The summed E-state index contributed by atoms with van der Waals surface area (Å²) < 4.78 is 0. The molecule has 0 radical (unpaired) electrons. The third-order valence-electron chi connectivity index (χ3n) is 2.44. The Labute approximate surface area is 102 Å². The number of para-hydroxylation sites is 1. The minimum Gasteiger partial charge on any atom is -0.256 e. The van der Waals surface area contributed by atoms with Crippen molar-refractivity contribution in [2.45, 2.75) is 0 Å². The summed E-state index contributed by atoms with van der Waals surface area (Å²) in [6.45, 7) is 0. The molecule has 2 heterocycles. The van der Waals surface area contributed by atoms with E-state index in [0.29, 0.717) is 0 Å². The first-order chi connectivity index (χ1) is 7.83. The lowest BCUT2D eigenvalue weighted by molar-refractivity contribution is 1.42. The number of nitrogens with zero attached hydrogens (tertiary/aromatic N) is 1. The van der Waals surface area contributed by atoms with E-state index in [1.807, 2.05) is 35.8 Å². The van der Waals surface area contributed by atoms with Gasteiger partial charge in [0.05, 0.1) is 10.5 Å². The van der Waals surface area contributed by atoms with Gasteiger partial charge in [-0.25, -0.2) is 0 Å². The minimum absolute atomic E-state index is 0.785. The van der Waals surface area contributed by atoms with Gasteiger partial charge in [0, 0.05) is 27.4 Å². The maximum absolute atomic E-state index is 5.92. The molecule has 3 rings (SSSR count). The largest absolute Gasteiger partial charge is 0.256 e. The Morgan fingerprint density at radius 1 is 1.12 bits per heavy atom. The zero-order chi connectivity index (χ0) is 11.0. The summed E-state index contributed by atoms with van der Waals surface area (Å²) >= 11 is 7.56. The number of hydrogen-bond donors (Lipinski definition) is 0. The molecule has 0 aliphatic carbocycles. The average molecular weight is 246 g/mol. The van der Waals surface area contributed by atoms with Crippen molar-refractivity contribution in [3.63, 3.8) is 0 Å². The molecule has 0 aliphatic rings. The van der Waals surface area contributed by atoms with Crippen LogP contribution in [0.3, 0.4) is 0 Å². The van der Waals surface area contributed by atoms with Gasteiger partial charge in [-0.2, -0.15) is 0 Å². The third-order valence-corrected chi connectivity index (χ3v) is 3.77. The highest BCUT2D eigenvalue weighted by Crippen LogP contribution is 2.30. The summed E-state index contributed by atoms with van der Waals surface area (Å²) in [5, 5.41) is 3.88. The Morgan fingerprint density at radius 3 is 2.81 bits per heavy atom. The molecule has 78 valence electrons. The molecule has 1 aromatic carbocycles. The fraction of sp³-hybridized carbons (Fsp3) is 0. The lowest BCUT2D eigenvalue weighted by Gasteiger charge is -2.00. The number of benzene rings is 1. The molecule has 1 nitrogen and oxygen atoms in total. The van der Waals surface area contributed by atoms with E-state index in [1.165, 1.54) is 0 Å². The van der Waals surface area contributed by atoms with Gasteiger partial charge in [0.25, 0.3) is 0 Å². The molecule has 0 bridgehead atoms. The molecule has 0 fully saturated rings. The first-order valence-electron chi connectivity index (χ1n) is 4.92. The minimum atomic E-state index is 0.785. The maximum atomic E-state index is 5.92. The van der Waals surface area contributed by atoms with Crippen LogP contribution in [-0.2, 0) is 0 Å². The average Bonchev–Trinajstić information content (AvgIpc) is 2.75. The summed E-state index contributed by atoms with van der Waals surface area (Å²) in [5.74, 6) is 0. The summed E-state index contributed by atoms with van der Waals surface area (Å²) in [5.41, 5.74) is 2.14. The van der Waals surface area contributed by atoms with Crippen molar-refractivity contribution < 1.29 is 0 Å². The van der Waals surface area contributed by atoms with Gasteiger partial charge in [0.2, 0.25) is 0 Å². The second kappa shape index (κ2) is 3.89. The van der Waals surface area contributed by atoms with E-state index in [4.69, 9.17) is 11.6 Å². The van der Waals surface area contributed by atoms with Crippen LogP contribution < -0.4 is 0 Å². The first-order valence-corrected chi connectivity index (χ1v) is 6.18. The number of rotatable bonds is 1. The van der Waals surface area contributed by atoms with Crippen LogP contribution in [0.25, 0.3) is 21.3 Å². The van der Waals surface area contributed by atoms with Crippen LogP contribution in [-0.4, -0.2) is 4.98 Å². The van der Waals surface area contributed by atoms with Crippen LogP contribution in [0.15, 0.2) is 48.0 Å². The molecule has 2 aromatic heterocycles. The molecule has 0 unspecified atom stereocenters. The first kappa shape index (κ1) is 9.82. The fourth-order valence-electron chi connectivity index (χ4n) is 1.67. The normalized spacial score (nSPS) is 10.8. The van der Waals surface area contributed by atoms with Gasteiger partial charge in [-0.1, -0.05) is 29.8 Å². The number of pyridine rings is 1. The number of fused-ring (bicyclic) bond motifs is 1. The van der Waals surface area contributed by atoms with Crippen molar-refractivity contribution in [1.29, 1.82) is 0 Å². The molecule has 0 aliphatic heterocycles. The number of halogens is 1. The lowest BCUT2D eigenvalue weighted by atomic mass is 10.1. The van der Waals surface area contributed by atoms with E-state index in [-0.39, 0.29) is 0 Å². The topological polar surface area (TPSA) is 12.9 Å². The summed E-state index contributed by atoms with van der Waals surface area (Å²) in [6, 6.07) is 12.2. The third kappa shape index (κ3) is 1.70. The van der Waals surface area contributed by atoms with Gasteiger partial charge in [0.1, 0.15) is 0 Å². The van der Waals surface area contributed by atoms with E-state index in [0.717, 1.165) is 26.4 Å². The van der Waals surface area contributed by atoms with Crippen molar-refractivity contribution in [2.24, 2.45) is 0 Å². The van der Waals surface area contributed by atoms with Gasteiger partial charge in [-0.05, 0) is 18.2 Å². The SMILES string of the molecule is Clc1csc(-c2cnc3ccccc3c2)c1. The van der Waals surface area contributed by atoms with Gasteiger partial charge in [-0.3, -0.25) is 4.98 Å². The Morgan fingerprint density at radius 2 is 2.00 bits per heavy atom. The van der Waals surface area contributed by atoms with Crippen LogP contribution in [0.5, 0.6) is 0 Å². The molecule has 0 saturated heterocycles. The fourth-order valence-corrected chi connectivity index (χ4v) is 2.73. The Balaban J connectivity index is 2.18. The van der Waals surface area contributed by atoms with E-state index in [2.05, 4.69) is 17.1 Å². The quantitative estimate of drug-likeness (QED) is 0.610. The molecule has 0 N–H and O–H groups in total. The van der Waals surface area contributed by atoms with Gasteiger partial charge >= 0.3 is 0 Å². The molecule has 3 heteroatoms. The predicted molar refractivity (Wildman–Crippen MR) is 70.1 cm³/mol. The molecule has 3 aromatic rings. The van der Waals surface area contributed by atoms with E-state index in [9.17, 15) is 0 Å². The highest BCUT2D eigenvalue weighted by Gasteiger charge is 2.03. The molecule has 0 atom stereocenters. The van der Waals surface area contributed by atoms with Crippen molar-refractivity contribution in [3.8, 4) is 10.4 Å². The summed E-state index contributed by atoms with van der Waals surface area (Å²) in [4.78, 5) is 5.59. The van der Waals surface area contributed by atoms with Crippen molar-refractivity contribution in [1.82, 2.24) is 4.98 Å². The Kier molecular flexibility index (Phi) is 2.39. The van der Waals surface area contributed by atoms with Gasteiger partial charge in [-0.15, -0.1) is 11.3 Å². The van der Waals surface area contributed by atoms with E-state index >= 15 is 0 Å².